The molecule has 0 amide bonds. The van der Waals surface area contributed by atoms with E-state index in [0.717, 1.165) is 6.07 Å². The van der Waals surface area contributed by atoms with Crippen molar-refractivity contribution in [3.8, 4) is 11.1 Å². The molecule has 0 radical (unpaired) electrons. The largest absolute Gasteiger partial charge is 0.353 e. The lowest BCUT2D eigenvalue weighted by Gasteiger charge is -2.02. The number of nitrogens with zero attached hydrogens (tertiary/aromatic N) is 2. The van der Waals surface area contributed by atoms with E-state index >= 15 is 0 Å². The number of hydrogen-bond acceptors (Lipinski definition) is 6. The van der Waals surface area contributed by atoms with Gasteiger partial charge in [0.05, 0.1) is 21.5 Å². The Balaban J connectivity index is 0.000000463. The summed E-state index contributed by atoms with van der Waals surface area (Å²) in [7, 11) is -0.137. The van der Waals surface area contributed by atoms with E-state index in [1.54, 1.807) is 30.3 Å². The fourth-order valence-electron chi connectivity index (χ4n) is 1.65. The molecule has 2 aromatic rings. The summed E-state index contributed by atoms with van der Waals surface area (Å²) in [6.45, 7) is 0. The normalized spacial score (nSPS) is 10.3. The van der Waals surface area contributed by atoms with Crippen molar-refractivity contribution in [2.45, 2.75) is 0 Å². The maximum Gasteiger partial charge on any atom is 0.353 e. The number of halogens is 1. The van der Waals surface area contributed by atoms with Crippen LogP contribution in [0.25, 0.3) is 11.1 Å². The van der Waals surface area contributed by atoms with Gasteiger partial charge < -0.3 is 0 Å². The van der Waals surface area contributed by atoms with E-state index < -0.39 is 19.2 Å². The molecule has 2 rings (SSSR count). The van der Waals surface area contributed by atoms with Crippen LogP contribution in [0.1, 0.15) is 0 Å². The summed E-state index contributed by atoms with van der Waals surface area (Å²) >= 11 is 0. The number of hydrogen-bond donors (Lipinski definition) is 1. The van der Waals surface area contributed by atoms with E-state index in [1.165, 1.54) is 12.1 Å². The monoisotopic (exact) mass is 360 g/mol. The fraction of sp³-hybridized carbons (Fsp3) is 0. The van der Waals surface area contributed by atoms with Crippen LogP contribution in [0.3, 0.4) is 0 Å². The highest BCUT2D eigenvalue weighted by molar-refractivity contribution is 8.09. The van der Waals surface area contributed by atoms with E-state index in [2.05, 4.69) is 10.7 Å². The van der Waals surface area contributed by atoms with Gasteiger partial charge in [0.15, 0.2) is 0 Å². The molecule has 122 valence electrons. The number of benzene rings is 2. The Bertz CT molecular complexity index is 817. The molecule has 9 nitrogen and oxygen atoms in total. The van der Waals surface area contributed by atoms with Crippen molar-refractivity contribution in [1.29, 1.82) is 0 Å². The second-order valence-corrected chi connectivity index (χ2v) is 5.99. The van der Waals surface area contributed by atoms with Crippen LogP contribution < -0.4 is 0 Å². The van der Waals surface area contributed by atoms with Crippen molar-refractivity contribution >= 4 is 31.4 Å². The van der Waals surface area contributed by atoms with Crippen LogP contribution in [0.4, 0.5) is 11.4 Å². The van der Waals surface area contributed by atoms with Crippen molar-refractivity contribution in [2.24, 2.45) is 0 Å². The lowest BCUT2D eigenvalue weighted by Crippen LogP contribution is -1.95. The molecule has 2 aromatic carbocycles. The second-order valence-electron chi connectivity index (χ2n) is 3.99. The Hall–Kier alpha value is -2.56. The van der Waals surface area contributed by atoms with Gasteiger partial charge in [-0.15, -0.1) is 0 Å². The average molecular weight is 361 g/mol. The first-order chi connectivity index (χ1) is 10.6. The molecule has 23 heavy (non-hydrogen) atoms. The number of nitro benzene ring substituents is 2. The highest BCUT2D eigenvalue weighted by Crippen LogP contribution is 2.32. The molecule has 0 bridgehead atoms. The minimum Gasteiger partial charge on any atom is -0.273 e. The van der Waals surface area contributed by atoms with Crippen molar-refractivity contribution in [2.75, 3.05) is 0 Å². The smallest absolute Gasteiger partial charge is 0.273 e. The van der Waals surface area contributed by atoms with Gasteiger partial charge in [-0.2, -0.15) is 8.42 Å². The zero-order chi connectivity index (χ0) is 17.6. The number of rotatable bonds is 3. The van der Waals surface area contributed by atoms with Gasteiger partial charge in [-0.3, -0.25) is 24.8 Å². The van der Waals surface area contributed by atoms with Gasteiger partial charge in [0, 0.05) is 16.7 Å². The Morgan fingerprint density at radius 2 is 1.48 bits per heavy atom. The lowest BCUT2D eigenvalue weighted by molar-refractivity contribution is -0.393. The van der Waals surface area contributed by atoms with Gasteiger partial charge in [-0.05, 0) is 11.6 Å². The summed E-state index contributed by atoms with van der Waals surface area (Å²) in [5.41, 5.74) is 0.460. The minimum absolute atomic E-state index is 0.268. The Labute approximate surface area is 134 Å². The summed E-state index contributed by atoms with van der Waals surface area (Å²) in [5.74, 6) is 0. The quantitative estimate of drug-likeness (QED) is 0.383. The van der Waals surface area contributed by atoms with Gasteiger partial charge in [0.25, 0.3) is 11.4 Å². The molecule has 0 aliphatic heterocycles. The Morgan fingerprint density at radius 1 is 0.957 bits per heavy atom. The number of non-ortho nitro benzene ring substituents is 1. The third kappa shape index (κ3) is 6.38. The summed E-state index contributed by atoms with van der Waals surface area (Å²) < 4.78 is 25.2. The average Bonchev–Trinajstić information content (AvgIpc) is 2.45. The van der Waals surface area contributed by atoms with Crippen molar-refractivity contribution < 1.29 is 22.8 Å². The van der Waals surface area contributed by atoms with Crippen molar-refractivity contribution in [3.05, 3.63) is 68.8 Å². The highest BCUT2D eigenvalue weighted by Gasteiger charge is 2.19. The van der Waals surface area contributed by atoms with Crippen LogP contribution in [0, 0.1) is 20.2 Å². The SMILES string of the molecule is O=S(=O)(O)Cl.O=[N+]([O-])c1ccc(-c2ccccc2)c([N+](=O)[O-])c1. The maximum atomic E-state index is 11.0. The van der Waals surface area contributed by atoms with Gasteiger partial charge in [0.1, 0.15) is 0 Å². The molecular weight excluding hydrogens is 352 g/mol. The molecule has 0 aromatic heterocycles. The van der Waals surface area contributed by atoms with Crippen molar-refractivity contribution in [3.63, 3.8) is 0 Å². The fourth-order valence-corrected chi connectivity index (χ4v) is 1.65. The molecule has 0 unspecified atom stereocenters. The van der Waals surface area contributed by atoms with Gasteiger partial charge >= 0.3 is 9.33 Å². The first kappa shape index (κ1) is 18.5. The van der Waals surface area contributed by atoms with Gasteiger partial charge in [-0.1, -0.05) is 30.3 Å². The maximum absolute atomic E-state index is 11.0. The molecule has 0 fully saturated rings. The third-order valence-electron chi connectivity index (χ3n) is 2.47. The predicted molar refractivity (Wildman–Crippen MR) is 82.6 cm³/mol. The summed E-state index contributed by atoms with van der Waals surface area (Å²) in [6, 6.07) is 12.4. The molecule has 0 heterocycles. The van der Waals surface area contributed by atoms with Crippen LogP contribution in [-0.4, -0.2) is 22.8 Å². The topological polar surface area (TPSA) is 141 Å². The summed E-state index contributed by atoms with van der Waals surface area (Å²) in [6.07, 6.45) is 0. The van der Waals surface area contributed by atoms with Gasteiger partial charge in [-0.25, -0.2) is 0 Å². The van der Waals surface area contributed by atoms with Crippen LogP contribution in [0.2, 0.25) is 0 Å². The molecular formula is C12H9ClN2O7S. The molecule has 0 atom stereocenters. The van der Waals surface area contributed by atoms with Gasteiger partial charge in [0.2, 0.25) is 0 Å². The predicted octanol–water partition coefficient (Wildman–Crippen LogP) is 3.20. The highest BCUT2D eigenvalue weighted by atomic mass is 35.7. The third-order valence-corrected chi connectivity index (χ3v) is 2.47. The van der Waals surface area contributed by atoms with Crippen molar-refractivity contribution in [1.82, 2.24) is 0 Å². The Kier molecular flexibility index (Phi) is 6.13. The van der Waals surface area contributed by atoms with E-state index in [0.29, 0.717) is 11.1 Å². The first-order valence-corrected chi connectivity index (χ1v) is 8.01. The van der Waals surface area contributed by atoms with E-state index in [-0.39, 0.29) is 11.4 Å². The molecule has 1 N–H and O–H groups in total. The van der Waals surface area contributed by atoms with E-state index in [4.69, 9.17) is 13.0 Å². The van der Waals surface area contributed by atoms with E-state index in [1.807, 2.05) is 0 Å². The summed E-state index contributed by atoms with van der Waals surface area (Å²) in [5, 5.41) is 21.6. The number of nitro groups is 2. The standard InChI is InChI=1S/C12H8N2O4.ClHO3S/c15-13(16)10-6-7-11(12(8-10)14(17)18)9-4-2-1-3-5-9;1-5(2,3)4/h1-8H;(H,2,3,4). The molecule has 0 saturated heterocycles. The van der Waals surface area contributed by atoms with E-state index in [9.17, 15) is 20.2 Å². The van der Waals surface area contributed by atoms with Crippen LogP contribution >= 0.6 is 10.7 Å². The van der Waals surface area contributed by atoms with Crippen LogP contribution in [0.5, 0.6) is 0 Å². The molecule has 0 saturated carbocycles. The van der Waals surface area contributed by atoms with Crippen LogP contribution in [0.15, 0.2) is 48.5 Å². The lowest BCUT2D eigenvalue weighted by atomic mass is 10.0. The Morgan fingerprint density at radius 3 is 1.91 bits per heavy atom. The molecule has 0 aliphatic rings. The molecule has 0 aliphatic carbocycles. The molecule has 0 spiro atoms. The second kappa shape index (κ2) is 7.63. The van der Waals surface area contributed by atoms with Crippen LogP contribution in [-0.2, 0) is 9.33 Å². The summed E-state index contributed by atoms with van der Waals surface area (Å²) in [4.78, 5) is 20.3. The minimum atomic E-state index is -4.19. The zero-order valence-electron chi connectivity index (χ0n) is 11.2. The molecule has 11 heteroatoms. The zero-order valence-corrected chi connectivity index (χ0v) is 12.8. The first-order valence-electron chi connectivity index (χ1n) is 5.75.